The van der Waals surface area contributed by atoms with Crippen molar-refractivity contribution in [1.29, 1.82) is 0 Å². The number of hydrogen-bond acceptors (Lipinski definition) is 4. The Morgan fingerprint density at radius 3 is 2.59 bits per heavy atom. The van der Waals surface area contributed by atoms with Gasteiger partial charge in [-0.2, -0.15) is 0 Å². The molecular weight excluding hydrogens is 356 g/mol. The summed E-state index contributed by atoms with van der Waals surface area (Å²) in [6.07, 6.45) is 0.891. The monoisotopic (exact) mass is 380 g/mol. The number of pyridine rings is 1. The highest BCUT2D eigenvalue weighted by Gasteiger charge is 2.15. The van der Waals surface area contributed by atoms with Crippen LogP contribution in [0.5, 0.6) is 5.75 Å². The van der Waals surface area contributed by atoms with Gasteiger partial charge in [0.1, 0.15) is 10.8 Å². The predicted molar refractivity (Wildman–Crippen MR) is 111 cm³/mol. The van der Waals surface area contributed by atoms with Crippen LogP contribution in [0, 0.1) is 0 Å². The third-order valence-corrected chi connectivity index (χ3v) is 5.21. The zero-order valence-electron chi connectivity index (χ0n) is 15.9. The number of amides is 1. The number of hydrogen-bond donors (Lipinski definition) is 1. The first-order chi connectivity index (χ1) is 13.1. The molecular formula is C22H24N2O2S. The van der Waals surface area contributed by atoms with Crippen molar-refractivity contribution in [2.24, 2.45) is 0 Å². The van der Waals surface area contributed by atoms with Gasteiger partial charge in [-0.1, -0.05) is 36.9 Å². The van der Waals surface area contributed by atoms with Crippen LogP contribution in [0.1, 0.15) is 37.6 Å². The number of para-hydroxylation sites is 1. The number of benzene rings is 2. The zero-order valence-corrected chi connectivity index (χ0v) is 16.7. The van der Waals surface area contributed by atoms with Gasteiger partial charge in [0, 0.05) is 16.3 Å². The normalized spacial score (nSPS) is 12.0. The number of rotatable bonds is 7. The lowest BCUT2D eigenvalue weighted by atomic mass is 10.1. The van der Waals surface area contributed by atoms with Crippen LogP contribution in [0.2, 0.25) is 0 Å². The molecule has 1 heterocycles. The third kappa shape index (κ3) is 4.80. The minimum Gasteiger partial charge on any atom is -0.494 e. The molecule has 4 nitrogen and oxygen atoms in total. The topological polar surface area (TPSA) is 51.2 Å². The van der Waals surface area contributed by atoms with Crippen LogP contribution in [-0.2, 0) is 0 Å². The molecule has 27 heavy (non-hydrogen) atoms. The Kier molecular flexibility index (Phi) is 6.35. The highest BCUT2D eigenvalue weighted by Crippen LogP contribution is 2.31. The smallest absolute Gasteiger partial charge is 0.252 e. The first kappa shape index (κ1) is 19.2. The predicted octanol–water partition coefficient (Wildman–Crippen LogP) is 5.31. The molecule has 0 aliphatic heterocycles. The van der Waals surface area contributed by atoms with Crippen molar-refractivity contribution in [1.82, 2.24) is 10.3 Å². The van der Waals surface area contributed by atoms with E-state index >= 15 is 0 Å². The molecule has 1 amide bonds. The Hall–Kier alpha value is -2.53. The van der Waals surface area contributed by atoms with E-state index in [-0.39, 0.29) is 11.9 Å². The standard InChI is InChI=1S/C22H24N2O2S/c1-4-15(3)23-22(25)19-14-21(24-20-9-7-6-8-18(19)20)27-17-12-10-16(11-13-17)26-5-2/h6-15H,4-5H2,1-3H3,(H,23,25). The minimum absolute atomic E-state index is 0.0588. The van der Waals surface area contributed by atoms with Gasteiger partial charge in [-0.25, -0.2) is 4.98 Å². The van der Waals surface area contributed by atoms with E-state index in [1.807, 2.05) is 68.4 Å². The van der Waals surface area contributed by atoms with E-state index in [1.165, 1.54) is 11.8 Å². The van der Waals surface area contributed by atoms with Crippen LogP contribution in [0.25, 0.3) is 10.9 Å². The second-order valence-electron chi connectivity index (χ2n) is 6.31. The molecule has 140 valence electrons. The molecule has 0 radical (unpaired) electrons. The molecule has 0 aliphatic rings. The summed E-state index contributed by atoms with van der Waals surface area (Å²) in [7, 11) is 0. The first-order valence-corrected chi connectivity index (χ1v) is 10.0. The highest BCUT2D eigenvalue weighted by atomic mass is 32.2. The van der Waals surface area contributed by atoms with Crippen molar-refractivity contribution < 1.29 is 9.53 Å². The summed E-state index contributed by atoms with van der Waals surface area (Å²) in [5, 5.41) is 4.73. The summed E-state index contributed by atoms with van der Waals surface area (Å²) >= 11 is 1.54. The van der Waals surface area contributed by atoms with E-state index in [0.29, 0.717) is 12.2 Å². The maximum absolute atomic E-state index is 12.8. The van der Waals surface area contributed by atoms with Gasteiger partial charge >= 0.3 is 0 Å². The Balaban J connectivity index is 1.92. The third-order valence-electron chi connectivity index (χ3n) is 4.28. The molecule has 1 N–H and O–H groups in total. The van der Waals surface area contributed by atoms with Crippen molar-refractivity contribution in [2.75, 3.05) is 6.61 Å². The molecule has 0 fully saturated rings. The summed E-state index contributed by atoms with van der Waals surface area (Å²) in [6.45, 7) is 6.68. The molecule has 0 bridgehead atoms. The summed E-state index contributed by atoms with van der Waals surface area (Å²) < 4.78 is 5.49. The van der Waals surface area contributed by atoms with E-state index in [1.54, 1.807) is 0 Å². The minimum atomic E-state index is -0.0588. The van der Waals surface area contributed by atoms with Crippen molar-refractivity contribution in [3.8, 4) is 5.75 Å². The molecule has 0 saturated heterocycles. The molecule has 3 rings (SSSR count). The molecule has 1 atom stereocenters. The van der Waals surface area contributed by atoms with E-state index in [4.69, 9.17) is 9.72 Å². The van der Waals surface area contributed by atoms with E-state index in [2.05, 4.69) is 12.2 Å². The number of nitrogens with zero attached hydrogens (tertiary/aromatic N) is 1. The summed E-state index contributed by atoms with van der Waals surface area (Å²) in [4.78, 5) is 18.6. The van der Waals surface area contributed by atoms with E-state index in [0.717, 1.165) is 33.0 Å². The lowest BCUT2D eigenvalue weighted by Gasteiger charge is -2.14. The van der Waals surface area contributed by atoms with Gasteiger partial charge < -0.3 is 10.1 Å². The Labute approximate surface area is 164 Å². The van der Waals surface area contributed by atoms with Gasteiger partial charge in [0.2, 0.25) is 0 Å². The van der Waals surface area contributed by atoms with Gasteiger partial charge in [0.25, 0.3) is 5.91 Å². The Morgan fingerprint density at radius 2 is 1.89 bits per heavy atom. The maximum atomic E-state index is 12.8. The fourth-order valence-corrected chi connectivity index (χ4v) is 3.52. The Morgan fingerprint density at radius 1 is 1.15 bits per heavy atom. The number of carbonyl (C=O) groups excluding carboxylic acids is 1. The zero-order chi connectivity index (χ0) is 19.2. The number of nitrogens with one attached hydrogen (secondary N) is 1. The molecule has 1 unspecified atom stereocenters. The highest BCUT2D eigenvalue weighted by molar-refractivity contribution is 7.99. The van der Waals surface area contributed by atoms with Gasteiger partial charge in [0.05, 0.1) is 17.7 Å². The quantitative estimate of drug-likeness (QED) is 0.603. The first-order valence-electron chi connectivity index (χ1n) is 9.22. The maximum Gasteiger partial charge on any atom is 0.252 e. The van der Waals surface area contributed by atoms with Crippen LogP contribution in [0.4, 0.5) is 0 Å². The van der Waals surface area contributed by atoms with Crippen molar-refractivity contribution >= 4 is 28.6 Å². The van der Waals surface area contributed by atoms with Crippen LogP contribution >= 0.6 is 11.8 Å². The van der Waals surface area contributed by atoms with Crippen molar-refractivity contribution in [3.05, 3.63) is 60.2 Å². The molecule has 3 aromatic rings. The molecule has 2 aromatic carbocycles. The van der Waals surface area contributed by atoms with Gasteiger partial charge in [-0.3, -0.25) is 4.79 Å². The number of carbonyl (C=O) groups is 1. The van der Waals surface area contributed by atoms with Gasteiger partial charge in [0.15, 0.2) is 0 Å². The summed E-state index contributed by atoms with van der Waals surface area (Å²) in [6, 6.07) is 17.7. The number of ether oxygens (including phenoxy) is 1. The van der Waals surface area contributed by atoms with Crippen LogP contribution < -0.4 is 10.1 Å². The fraction of sp³-hybridized carbons (Fsp3) is 0.273. The second kappa shape index (κ2) is 8.91. The average molecular weight is 381 g/mol. The average Bonchev–Trinajstić information content (AvgIpc) is 2.69. The van der Waals surface area contributed by atoms with Crippen LogP contribution in [0.15, 0.2) is 64.5 Å². The molecule has 0 saturated carbocycles. The molecule has 1 aromatic heterocycles. The summed E-state index contributed by atoms with van der Waals surface area (Å²) in [5.74, 6) is 0.790. The second-order valence-corrected chi connectivity index (χ2v) is 7.41. The van der Waals surface area contributed by atoms with Crippen LogP contribution in [0.3, 0.4) is 0 Å². The van der Waals surface area contributed by atoms with Gasteiger partial charge in [-0.15, -0.1) is 0 Å². The molecule has 0 aliphatic carbocycles. The number of fused-ring (bicyclic) bond motifs is 1. The van der Waals surface area contributed by atoms with Crippen LogP contribution in [-0.4, -0.2) is 23.5 Å². The fourth-order valence-electron chi connectivity index (χ4n) is 2.69. The van der Waals surface area contributed by atoms with Crippen molar-refractivity contribution in [2.45, 2.75) is 43.2 Å². The lowest BCUT2D eigenvalue weighted by molar-refractivity contribution is 0.0940. The Bertz CT molecular complexity index is 925. The molecule has 5 heteroatoms. The lowest BCUT2D eigenvalue weighted by Crippen LogP contribution is -2.32. The van der Waals surface area contributed by atoms with E-state index < -0.39 is 0 Å². The number of aromatic nitrogens is 1. The SMILES string of the molecule is CCOc1ccc(Sc2cc(C(=O)NC(C)CC)c3ccccc3n2)cc1. The van der Waals surface area contributed by atoms with Gasteiger partial charge in [-0.05, 0) is 56.7 Å². The largest absolute Gasteiger partial charge is 0.494 e. The molecule has 0 spiro atoms. The van der Waals surface area contributed by atoms with Crippen molar-refractivity contribution in [3.63, 3.8) is 0 Å². The van der Waals surface area contributed by atoms with E-state index in [9.17, 15) is 4.79 Å². The summed E-state index contributed by atoms with van der Waals surface area (Å²) in [5.41, 5.74) is 1.48.